The Balaban J connectivity index is 1.95. The van der Waals surface area contributed by atoms with Crippen molar-refractivity contribution in [3.8, 4) is 11.5 Å². The first-order valence-corrected chi connectivity index (χ1v) is 8.97. The lowest BCUT2D eigenvalue weighted by atomic mass is 10.2. The Morgan fingerprint density at radius 1 is 1.27 bits per heavy atom. The van der Waals surface area contributed by atoms with Gasteiger partial charge in [0.05, 0.1) is 26.5 Å². The number of hydrogen-bond acceptors (Lipinski definition) is 9. The highest BCUT2D eigenvalue weighted by Crippen LogP contribution is 2.29. The molecule has 30 heavy (non-hydrogen) atoms. The predicted molar refractivity (Wildman–Crippen MR) is 105 cm³/mol. The van der Waals surface area contributed by atoms with Gasteiger partial charge in [0, 0.05) is 6.07 Å². The smallest absolute Gasteiger partial charge is 0.361 e. The number of nitrogens with zero attached hydrogens (tertiary/aromatic N) is 3. The van der Waals surface area contributed by atoms with Gasteiger partial charge < -0.3 is 24.1 Å². The topological polar surface area (TPSA) is 135 Å². The molecular weight excluding hydrogens is 396 g/mol. The fourth-order valence-electron chi connectivity index (χ4n) is 2.75. The third-order valence-corrected chi connectivity index (χ3v) is 4.35. The van der Waals surface area contributed by atoms with Gasteiger partial charge in [0.15, 0.2) is 0 Å². The van der Waals surface area contributed by atoms with Crippen molar-refractivity contribution >= 4 is 28.7 Å². The van der Waals surface area contributed by atoms with E-state index in [-0.39, 0.29) is 23.4 Å². The van der Waals surface area contributed by atoms with Crippen molar-refractivity contribution < 1.29 is 28.3 Å². The van der Waals surface area contributed by atoms with Crippen LogP contribution >= 0.6 is 0 Å². The molecule has 0 fully saturated rings. The minimum absolute atomic E-state index is 0.100. The molecule has 1 unspecified atom stereocenters. The zero-order valence-electron chi connectivity index (χ0n) is 16.8. The van der Waals surface area contributed by atoms with E-state index in [2.05, 4.69) is 15.5 Å². The summed E-state index contributed by atoms with van der Waals surface area (Å²) in [4.78, 5) is 41.7. The van der Waals surface area contributed by atoms with Crippen molar-refractivity contribution in [1.82, 2.24) is 14.7 Å². The third-order valence-electron chi connectivity index (χ3n) is 4.35. The van der Waals surface area contributed by atoms with Crippen LogP contribution in [-0.4, -0.2) is 47.4 Å². The number of rotatable bonds is 7. The van der Waals surface area contributed by atoms with Gasteiger partial charge in [-0.1, -0.05) is 5.16 Å². The summed E-state index contributed by atoms with van der Waals surface area (Å²) >= 11 is 0. The summed E-state index contributed by atoms with van der Waals surface area (Å²) in [5.41, 5.74) is -0.709. The molecule has 3 aromatic rings. The molecule has 0 saturated heterocycles. The van der Waals surface area contributed by atoms with E-state index in [1.165, 1.54) is 21.1 Å². The molecule has 0 saturated carbocycles. The molecule has 158 valence electrons. The molecule has 1 N–H and O–H groups in total. The summed E-state index contributed by atoms with van der Waals surface area (Å²) in [5, 5.41) is 6.11. The Morgan fingerprint density at radius 3 is 2.70 bits per heavy atom. The number of fused-ring (bicyclic) bond motifs is 1. The van der Waals surface area contributed by atoms with Crippen LogP contribution in [0.15, 0.2) is 33.8 Å². The van der Waals surface area contributed by atoms with Gasteiger partial charge in [-0.25, -0.2) is 9.78 Å². The molecule has 11 heteroatoms. The minimum Gasteiger partial charge on any atom is -0.497 e. The van der Waals surface area contributed by atoms with Gasteiger partial charge in [-0.2, -0.15) is 0 Å². The Hall–Kier alpha value is -3.89. The number of benzene rings is 1. The molecule has 1 aromatic carbocycles. The van der Waals surface area contributed by atoms with Crippen molar-refractivity contribution in [3.05, 3.63) is 40.6 Å². The zero-order valence-corrected chi connectivity index (χ0v) is 16.8. The Bertz CT molecular complexity index is 1150. The number of carbonyl (C=O) groups excluding carboxylic acids is 2. The van der Waals surface area contributed by atoms with E-state index < -0.39 is 23.5 Å². The molecule has 0 aliphatic rings. The lowest BCUT2D eigenvalue weighted by Gasteiger charge is -2.16. The molecule has 0 aliphatic carbocycles. The maximum absolute atomic E-state index is 12.9. The maximum Gasteiger partial charge on any atom is 0.361 e. The molecule has 2 aromatic heterocycles. The van der Waals surface area contributed by atoms with Crippen LogP contribution in [0.2, 0.25) is 0 Å². The van der Waals surface area contributed by atoms with Gasteiger partial charge in [-0.15, -0.1) is 0 Å². The highest BCUT2D eigenvalue weighted by atomic mass is 16.5. The lowest BCUT2D eigenvalue weighted by molar-refractivity contribution is -0.118. The molecular formula is C19H20N4O7. The normalized spacial score (nSPS) is 11.7. The van der Waals surface area contributed by atoms with Crippen molar-refractivity contribution in [2.24, 2.45) is 0 Å². The third kappa shape index (κ3) is 3.81. The molecule has 11 nitrogen and oxygen atoms in total. The van der Waals surface area contributed by atoms with Crippen molar-refractivity contribution in [2.45, 2.75) is 19.9 Å². The first-order valence-electron chi connectivity index (χ1n) is 8.97. The second-order valence-corrected chi connectivity index (χ2v) is 6.12. The Labute approximate surface area is 170 Å². The van der Waals surface area contributed by atoms with Gasteiger partial charge in [-0.05, 0) is 26.0 Å². The quantitative estimate of drug-likeness (QED) is 0.572. The summed E-state index contributed by atoms with van der Waals surface area (Å²) in [7, 11) is 2.96. The molecule has 0 aliphatic heterocycles. The molecule has 0 radical (unpaired) electrons. The second-order valence-electron chi connectivity index (χ2n) is 6.12. The molecule has 1 amide bonds. The van der Waals surface area contributed by atoms with Gasteiger partial charge in [0.2, 0.25) is 11.6 Å². The summed E-state index contributed by atoms with van der Waals surface area (Å²) in [6.07, 6.45) is 1.15. The van der Waals surface area contributed by atoms with Gasteiger partial charge >= 0.3 is 5.97 Å². The number of amides is 1. The first kappa shape index (κ1) is 20.8. The monoisotopic (exact) mass is 416 g/mol. The predicted octanol–water partition coefficient (Wildman–Crippen LogP) is 1.78. The zero-order chi connectivity index (χ0) is 21.8. The van der Waals surface area contributed by atoms with E-state index in [4.69, 9.17) is 18.7 Å². The fraction of sp³-hybridized carbons (Fsp3) is 0.316. The SMILES string of the molecule is CCOC(=O)c1noc2ncn(C(C)C(=O)Nc3cc(OC)ccc3OC)c(=O)c12. The Morgan fingerprint density at radius 2 is 2.03 bits per heavy atom. The van der Waals surface area contributed by atoms with Crippen molar-refractivity contribution in [1.29, 1.82) is 0 Å². The highest BCUT2D eigenvalue weighted by molar-refractivity contribution is 6.00. The molecule has 0 spiro atoms. The van der Waals surface area contributed by atoms with Gasteiger partial charge in [0.25, 0.3) is 11.3 Å². The minimum atomic E-state index is -0.977. The van der Waals surface area contributed by atoms with Crippen LogP contribution in [-0.2, 0) is 9.53 Å². The fourth-order valence-corrected chi connectivity index (χ4v) is 2.75. The van der Waals surface area contributed by atoms with Crippen molar-refractivity contribution in [3.63, 3.8) is 0 Å². The molecule has 3 rings (SSSR count). The van der Waals surface area contributed by atoms with E-state index in [1.54, 1.807) is 25.1 Å². The lowest BCUT2D eigenvalue weighted by Crippen LogP contribution is -2.32. The average Bonchev–Trinajstić information content (AvgIpc) is 3.19. The molecule has 0 bridgehead atoms. The van der Waals surface area contributed by atoms with Crippen molar-refractivity contribution in [2.75, 3.05) is 26.1 Å². The number of esters is 1. The number of nitrogens with one attached hydrogen (secondary N) is 1. The van der Waals surface area contributed by atoms with Gasteiger partial charge in [0.1, 0.15) is 29.3 Å². The number of hydrogen-bond donors (Lipinski definition) is 1. The average molecular weight is 416 g/mol. The molecule has 2 heterocycles. The first-order chi connectivity index (χ1) is 14.4. The summed E-state index contributed by atoms with van der Waals surface area (Å²) in [6, 6.07) is 3.94. The second kappa shape index (κ2) is 8.64. The van der Waals surface area contributed by atoms with E-state index in [0.29, 0.717) is 17.2 Å². The van der Waals surface area contributed by atoms with E-state index >= 15 is 0 Å². The van der Waals surface area contributed by atoms with Crippen LogP contribution < -0.4 is 20.3 Å². The number of methoxy groups -OCH3 is 2. The van der Waals surface area contributed by atoms with Gasteiger partial charge in [-0.3, -0.25) is 14.2 Å². The highest BCUT2D eigenvalue weighted by Gasteiger charge is 2.25. The van der Waals surface area contributed by atoms with E-state index in [1.807, 2.05) is 0 Å². The standard InChI is InChI=1S/C19H20N4O7/c1-5-29-19(26)15-14-17(30-22-15)20-9-23(18(14)25)10(2)16(24)21-12-8-11(27-3)6-7-13(12)28-4/h6-10H,5H2,1-4H3,(H,21,24). The summed E-state index contributed by atoms with van der Waals surface area (Å²) < 4.78 is 21.3. The van der Waals surface area contributed by atoms with Crippen LogP contribution in [0.4, 0.5) is 5.69 Å². The Kier molecular flexibility index (Phi) is 6.00. The van der Waals surface area contributed by atoms with Crippen LogP contribution in [0.3, 0.4) is 0 Å². The number of anilines is 1. The number of ether oxygens (including phenoxy) is 3. The van der Waals surface area contributed by atoms with Crippen LogP contribution in [0.5, 0.6) is 11.5 Å². The number of aromatic nitrogens is 3. The molecule has 1 atom stereocenters. The van der Waals surface area contributed by atoms with Crippen LogP contribution in [0.25, 0.3) is 11.1 Å². The summed E-state index contributed by atoms with van der Waals surface area (Å²) in [6.45, 7) is 3.23. The van der Waals surface area contributed by atoms with E-state index in [0.717, 1.165) is 10.9 Å². The number of carbonyl (C=O) groups is 2. The van der Waals surface area contributed by atoms with Crippen LogP contribution in [0.1, 0.15) is 30.4 Å². The maximum atomic E-state index is 12.9. The van der Waals surface area contributed by atoms with Crippen LogP contribution in [0, 0.1) is 0 Å². The van der Waals surface area contributed by atoms with E-state index in [9.17, 15) is 14.4 Å². The summed E-state index contributed by atoms with van der Waals surface area (Å²) in [5.74, 6) is -0.395. The largest absolute Gasteiger partial charge is 0.497 e.